The number of rotatable bonds is 2. The van der Waals surface area contributed by atoms with Gasteiger partial charge < -0.3 is 5.11 Å². The van der Waals surface area contributed by atoms with E-state index in [1.807, 2.05) is 19.9 Å². The van der Waals surface area contributed by atoms with Gasteiger partial charge in [0, 0.05) is 9.79 Å². The molecule has 1 N–H and O–H groups in total. The summed E-state index contributed by atoms with van der Waals surface area (Å²) in [7, 11) is 0. The van der Waals surface area contributed by atoms with Gasteiger partial charge in [0.15, 0.2) is 0 Å². The molecule has 2 aromatic carbocycles. The van der Waals surface area contributed by atoms with Gasteiger partial charge in [0.1, 0.15) is 5.75 Å². The zero-order valence-electron chi connectivity index (χ0n) is 13.7. The Labute approximate surface area is 132 Å². The van der Waals surface area contributed by atoms with E-state index in [0.717, 1.165) is 11.1 Å². The topological polar surface area (TPSA) is 20.2 Å². The summed E-state index contributed by atoms with van der Waals surface area (Å²) >= 11 is 1.78. The van der Waals surface area contributed by atoms with Gasteiger partial charge in [-0.05, 0) is 66.6 Å². The number of hydrogen-bond acceptors (Lipinski definition) is 2. The van der Waals surface area contributed by atoms with Crippen LogP contribution in [0.15, 0.2) is 40.1 Å². The Hall–Kier alpha value is -1.41. The molecular weight excluding hydrogens is 276 g/mol. The second-order valence-corrected chi connectivity index (χ2v) is 7.82. The van der Waals surface area contributed by atoms with Crippen LogP contribution in [0.5, 0.6) is 5.75 Å². The molecule has 0 atom stereocenters. The van der Waals surface area contributed by atoms with Gasteiger partial charge in [-0.15, -0.1) is 0 Å². The molecule has 0 spiro atoms. The smallest absolute Gasteiger partial charge is 0.118 e. The van der Waals surface area contributed by atoms with E-state index in [1.54, 1.807) is 11.8 Å². The van der Waals surface area contributed by atoms with Crippen molar-refractivity contribution in [1.29, 1.82) is 0 Å². The van der Waals surface area contributed by atoms with Gasteiger partial charge in [-0.1, -0.05) is 44.7 Å². The molecule has 0 aliphatic carbocycles. The standard InChI is InChI=1S/C19H24OS/c1-12-7-8-15(19(4,5)6)11-18(12)21-17-10-13(2)16(20)9-14(17)3/h7-11,20H,1-6H3. The summed E-state index contributed by atoms with van der Waals surface area (Å²) in [6.45, 7) is 12.9. The molecule has 2 heteroatoms. The van der Waals surface area contributed by atoms with Gasteiger partial charge in [0.25, 0.3) is 0 Å². The van der Waals surface area contributed by atoms with Crippen molar-refractivity contribution in [2.75, 3.05) is 0 Å². The predicted molar refractivity (Wildman–Crippen MR) is 91.6 cm³/mol. The van der Waals surface area contributed by atoms with E-state index in [2.05, 4.69) is 52.0 Å². The van der Waals surface area contributed by atoms with Crippen LogP contribution in [0.3, 0.4) is 0 Å². The fraction of sp³-hybridized carbons (Fsp3) is 0.368. The first-order valence-electron chi connectivity index (χ1n) is 7.27. The monoisotopic (exact) mass is 300 g/mol. The highest BCUT2D eigenvalue weighted by atomic mass is 32.2. The van der Waals surface area contributed by atoms with E-state index in [9.17, 15) is 5.11 Å². The second-order valence-electron chi connectivity index (χ2n) is 6.74. The fourth-order valence-corrected chi connectivity index (χ4v) is 3.29. The molecule has 0 amide bonds. The third-order valence-electron chi connectivity index (χ3n) is 3.77. The maximum Gasteiger partial charge on any atom is 0.118 e. The van der Waals surface area contributed by atoms with Crippen LogP contribution in [0.25, 0.3) is 0 Å². The fourth-order valence-electron chi connectivity index (χ4n) is 2.18. The third kappa shape index (κ3) is 3.62. The van der Waals surface area contributed by atoms with E-state index >= 15 is 0 Å². The maximum absolute atomic E-state index is 9.79. The Morgan fingerprint density at radius 3 is 2.05 bits per heavy atom. The minimum atomic E-state index is 0.156. The van der Waals surface area contributed by atoms with Crippen LogP contribution < -0.4 is 0 Å². The van der Waals surface area contributed by atoms with E-state index in [4.69, 9.17) is 0 Å². The van der Waals surface area contributed by atoms with Crippen LogP contribution in [0.2, 0.25) is 0 Å². The van der Waals surface area contributed by atoms with E-state index in [0.29, 0.717) is 5.75 Å². The summed E-state index contributed by atoms with van der Waals surface area (Å²) < 4.78 is 0. The van der Waals surface area contributed by atoms with Crippen molar-refractivity contribution in [2.24, 2.45) is 0 Å². The Balaban J connectivity index is 2.42. The average Bonchev–Trinajstić information content (AvgIpc) is 2.37. The van der Waals surface area contributed by atoms with Crippen LogP contribution in [-0.2, 0) is 5.41 Å². The molecule has 0 bridgehead atoms. The molecule has 1 nitrogen and oxygen atoms in total. The molecule has 0 aromatic heterocycles. The lowest BCUT2D eigenvalue weighted by Crippen LogP contribution is -2.11. The number of phenolic OH excluding ortho intramolecular Hbond substituents is 1. The average molecular weight is 300 g/mol. The molecule has 0 heterocycles. The van der Waals surface area contributed by atoms with Crippen LogP contribution >= 0.6 is 11.8 Å². The second kappa shape index (κ2) is 5.76. The summed E-state index contributed by atoms with van der Waals surface area (Å²) in [6.07, 6.45) is 0. The maximum atomic E-state index is 9.79. The van der Waals surface area contributed by atoms with Crippen molar-refractivity contribution < 1.29 is 5.11 Å². The molecule has 0 saturated carbocycles. The summed E-state index contributed by atoms with van der Waals surface area (Å²) in [5.41, 5.74) is 4.83. The summed E-state index contributed by atoms with van der Waals surface area (Å²) in [6, 6.07) is 10.6. The van der Waals surface area contributed by atoms with Crippen LogP contribution in [0, 0.1) is 20.8 Å². The van der Waals surface area contributed by atoms with Crippen molar-refractivity contribution in [1.82, 2.24) is 0 Å². The van der Waals surface area contributed by atoms with Crippen molar-refractivity contribution in [2.45, 2.75) is 56.7 Å². The molecule has 2 aromatic rings. The largest absolute Gasteiger partial charge is 0.508 e. The van der Waals surface area contributed by atoms with Gasteiger partial charge in [-0.25, -0.2) is 0 Å². The zero-order valence-corrected chi connectivity index (χ0v) is 14.6. The van der Waals surface area contributed by atoms with Gasteiger partial charge in [-0.3, -0.25) is 0 Å². The lowest BCUT2D eigenvalue weighted by molar-refractivity contribution is 0.470. The van der Waals surface area contributed by atoms with Crippen LogP contribution in [0.4, 0.5) is 0 Å². The Morgan fingerprint density at radius 2 is 1.43 bits per heavy atom. The molecular formula is C19H24OS. The Morgan fingerprint density at radius 1 is 0.810 bits per heavy atom. The first kappa shape index (κ1) is 16.0. The molecule has 0 radical (unpaired) electrons. The summed E-state index contributed by atoms with van der Waals surface area (Å²) in [5, 5.41) is 9.79. The lowest BCUT2D eigenvalue weighted by atomic mass is 9.87. The number of aromatic hydroxyl groups is 1. The molecule has 112 valence electrons. The zero-order chi connectivity index (χ0) is 15.8. The number of phenols is 1. The van der Waals surface area contributed by atoms with E-state index < -0.39 is 0 Å². The van der Waals surface area contributed by atoms with E-state index in [-0.39, 0.29) is 5.41 Å². The molecule has 0 aliphatic rings. The number of hydrogen-bond donors (Lipinski definition) is 1. The number of benzene rings is 2. The lowest BCUT2D eigenvalue weighted by Gasteiger charge is -2.21. The number of aryl methyl sites for hydroxylation is 3. The molecule has 0 unspecified atom stereocenters. The van der Waals surface area contributed by atoms with Gasteiger partial charge in [-0.2, -0.15) is 0 Å². The minimum Gasteiger partial charge on any atom is -0.508 e. The molecule has 0 saturated heterocycles. The normalized spacial score (nSPS) is 11.7. The highest BCUT2D eigenvalue weighted by Crippen LogP contribution is 2.37. The Kier molecular flexibility index (Phi) is 4.38. The van der Waals surface area contributed by atoms with Crippen LogP contribution in [0.1, 0.15) is 43.0 Å². The van der Waals surface area contributed by atoms with Gasteiger partial charge in [0.2, 0.25) is 0 Å². The molecule has 21 heavy (non-hydrogen) atoms. The first-order chi connectivity index (χ1) is 9.68. The van der Waals surface area contributed by atoms with Gasteiger partial charge in [0.05, 0.1) is 0 Å². The predicted octanol–water partition coefficient (Wildman–Crippen LogP) is 5.77. The molecule has 0 fully saturated rings. The Bertz CT molecular complexity index is 666. The quantitative estimate of drug-likeness (QED) is 0.760. The van der Waals surface area contributed by atoms with Crippen LogP contribution in [-0.4, -0.2) is 5.11 Å². The first-order valence-corrected chi connectivity index (χ1v) is 8.09. The van der Waals surface area contributed by atoms with Crippen molar-refractivity contribution in [3.8, 4) is 5.75 Å². The van der Waals surface area contributed by atoms with Gasteiger partial charge >= 0.3 is 0 Å². The SMILES string of the molecule is Cc1cc(Sc2cc(C(C)(C)C)ccc2C)c(C)cc1O. The van der Waals surface area contributed by atoms with E-state index in [1.165, 1.54) is 20.9 Å². The highest BCUT2D eigenvalue weighted by Gasteiger charge is 2.15. The van der Waals surface area contributed by atoms with Crippen molar-refractivity contribution in [3.63, 3.8) is 0 Å². The highest BCUT2D eigenvalue weighted by molar-refractivity contribution is 7.99. The van der Waals surface area contributed by atoms with Crippen molar-refractivity contribution >= 4 is 11.8 Å². The van der Waals surface area contributed by atoms with Crippen molar-refractivity contribution in [3.05, 3.63) is 52.6 Å². The minimum absolute atomic E-state index is 0.156. The third-order valence-corrected chi connectivity index (χ3v) is 5.09. The summed E-state index contributed by atoms with van der Waals surface area (Å²) in [4.78, 5) is 2.50. The molecule has 0 aliphatic heterocycles. The summed E-state index contributed by atoms with van der Waals surface area (Å²) in [5.74, 6) is 0.372. The molecule has 2 rings (SSSR count).